The molecule has 0 radical (unpaired) electrons. The van der Waals surface area contributed by atoms with Crippen LogP contribution in [0.1, 0.15) is 17.7 Å². The minimum absolute atomic E-state index is 0.00544. The summed E-state index contributed by atoms with van der Waals surface area (Å²) in [5.74, 6) is 0.997. The Morgan fingerprint density at radius 2 is 2.14 bits per heavy atom. The van der Waals surface area contributed by atoms with Gasteiger partial charge in [-0.15, -0.1) is 0 Å². The van der Waals surface area contributed by atoms with Gasteiger partial charge in [-0.25, -0.2) is 4.98 Å². The molecule has 2 saturated heterocycles. The predicted octanol–water partition coefficient (Wildman–Crippen LogP) is 0.767. The zero-order valence-corrected chi connectivity index (χ0v) is 12.8. The molecule has 0 aliphatic carbocycles. The Hall–Kier alpha value is -1.99. The average Bonchev–Trinajstić information content (AvgIpc) is 2.81. The van der Waals surface area contributed by atoms with Gasteiger partial charge in [0.2, 0.25) is 5.95 Å². The number of nitrogens with one attached hydrogen (secondary N) is 2. The van der Waals surface area contributed by atoms with Crippen molar-refractivity contribution in [1.29, 1.82) is 0 Å². The van der Waals surface area contributed by atoms with Crippen molar-refractivity contribution in [3.05, 3.63) is 17.3 Å². The van der Waals surface area contributed by atoms with Gasteiger partial charge in [0.25, 0.3) is 0 Å². The maximum atomic E-state index is 6.10. The molecule has 4 heterocycles. The van der Waals surface area contributed by atoms with Crippen molar-refractivity contribution in [2.24, 2.45) is 0 Å². The molecule has 2 aromatic rings. The molecule has 22 heavy (non-hydrogen) atoms. The van der Waals surface area contributed by atoms with Crippen LogP contribution in [0.5, 0.6) is 0 Å². The number of rotatable bonds is 2. The molecule has 0 amide bonds. The van der Waals surface area contributed by atoms with Gasteiger partial charge < -0.3 is 21.1 Å². The summed E-state index contributed by atoms with van der Waals surface area (Å²) in [5, 5.41) is 7.43. The van der Waals surface area contributed by atoms with Crippen molar-refractivity contribution in [3.63, 3.8) is 0 Å². The Morgan fingerprint density at radius 3 is 2.82 bits per heavy atom. The second-order valence-corrected chi connectivity index (χ2v) is 6.35. The third kappa shape index (κ3) is 2.17. The van der Waals surface area contributed by atoms with Gasteiger partial charge in [-0.1, -0.05) is 0 Å². The second kappa shape index (κ2) is 4.76. The molecular formula is C15H20N6O. The number of anilines is 2. The molecule has 2 fully saturated rings. The summed E-state index contributed by atoms with van der Waals surface area (Å²) in [5.41, 5.74) is 8.73. The van der Waals surface area contributed by atoms with Crippen molar-refractivity contribution in [1.82, 2.24) is 20.3 Å². The standard InChI is InChI=1S/C15H20N6O/c1-8-3-9(2)18-13-11(8)12(16)20-14(21-13)19-10-4-15(22-5-10)6-17-7-15/h3,10,17H,4-7H2,1-2H3,(H3,16,18,19,20,21). The van der Waals surface area contributed by atoms with E-state index in [1.165, 1.54) is 0 Å². The second-order valence-electron chi connectivity index (χ2n) is 6.35. The van der Waals surface area contributed by atoms with Gasteiger partial charge in [0, 0.05) is 25.2 Å². The number of nitrogens with two attached hydrogens (primary N) is 1. The highest BCUT2D eigenvalue weighted by atomic mass is 16.5. The molecule has 4 N–H and O–H groups in total. The smallest absolute Gasteiger partial charge is 0.227 e. The van der Waals surface area contributed by atoms with Gasteiger partial charge in [0.1, 0.15) is 5.82 Å². The lowest BCUT2D eigenvalue weighted by molar-refractivity contribution is -0.0359. The van der Waals surface area contributed by atoms with Gasteiger partial charge in [-0.05, 0) is 25.5 Å². The largest absolute Gasteiger partial charge is 0.383 e. The van der Waals surface area contributed by atoms with Crippen LogP contribution in [0.25, 0.3) is 11.0 Å². The highest BCUT2D eigenvalue weighted by Gasteiger charge is 2.45. The number of ether oxygens (including phenoxy) is 1. The monoisotopic (exact) mass is 300 g/mol. The van der Waals surface area contributed by atoms with E-state index in [4.69, 9.17) is 10.5 Å². The number of aromatic nitrogens is 3. The topological polar surface area (TPSA) is 98.0 Å². The zero-order chi connectivity index (χ0) is 15.3. The van der Waals surface area contributed by atoms with Gasteiger partial charge in [0.15, 0.2) is 5.65 Å². The number of fused-ring (bicyclic) bond motifs is 1. The number of pyridine rings is 1. The number of nitrogens with zero attached hydrogens (tertiary/aromatic N) is 3. The summed E-state index contributed by atoms with van der Waals surface area (Å²) in [7, 11) is 0. The summed E-state index contributed by atoms with van der Waals surface area (Å²) in [6.45, 7) is 6.47. The van der Waals surface area contributed by atoms with E-state index in [2.05, 4.69) is 25.6 Å². The van der Waals surface area contributed by atoms with E-state index in [-0.39, 0.29) is 11.6 Å². The lowest BCUT2D eigenvalue weighted by Gasteiger charge is -2.38. The SMILES string of the molecule is Cc1cc(C)c2c(N)nc(NC3COC4(CNC4)C3)nc2n1. The molecule has 1 spiro atoms. The minimum Gasteiger partial charge on any atom is -0.383 e. The summed E-state index contributed by atoms with van der Waals surface area (Å²) in [6, 6.07) is 2.21. The maximum Gasteiger partial charge on any atom is 0.227 e. The van der Waals surface area contributed by atoms with Crippen LogP contribution in [-0.4, -0.2) is 46.3 Å². The van der Waals surface area contributed by atoms with E-state index in [1.807, 2.05) is 19.9 Å². The van der Waals surface area contributed by atoms with Gasteiger partial charge >= 0.3 is 0 Å². The Kier molecular flexibility index (Phi) is 2.95. The summed E-state index contributed by atoms with van der Waals surface area (Å²) in [4.78, 5) is 13.4. The average molecular weight is 300 g/mol. The fourth-order valence-electron chi connectivity index (χ4n) is 3.34. The Bertz CT molecular complexity index is 742. The van der Waals surface area contributed by atoms with Crippen molar-refractivity contribution < 1.29 is 4.74 Å². The minimum atomic E-state index is 0.00544. The van der Waals surface area contributed by atoms with E-state index in [1.54, 1.807) is 0 Å². The highest BCUT2D eigenvalue weighted by molar-refractivity contribution is 5.89. The van der Waals surface area contributed by atoms with Crippen LogP contribution in [0, 0.1) is 13.8 Å². The van der Waals surface area contributed by atoms with Crippen LogP contribution in [0.2, 0.25) is 0 Å². The lowest BCUT2D eigenvalue weighted by atomic mass is 9.92. The van der Waals surface area contributed by atoms with Crippen LogP contribution >= 0.6 is 0 Å². The molecule has 2 aliphatic rings. The molecular weight excluding hydrogens is 280 g/mol. The molecule has 7 nitrogen and oxygen atoms in total. The molecule has 0 bridgehead atoms. The van der Waals surface area contributed by atoms with E-state index >= 15 is 0 Å². The van der Waals surface area contributed by atoms with Crippen LogP contribution in [-0.2, 0) is 4.74 Å². The Morgan fingerprint density at radius 1 is 1.32 bits per heavy atom. The van der Waals surface area contributed by atoms with Crippen LogP contribution in [0.3, 0.4) is 0 Å². The zero-order valence-electron chi connectivity index (χ0n) is 12.8. The molecule has 2 aliphatic heterocycles. The molecule has 1 atom stereocenters. The third-order valence-corrected chi connectivity index (χ3v) is 4.46. The highest BCUT2D eigenvalue weighted by Crippen LogP contribution is 2.31. The van der Waals surface area contributed by atoms with Gasteiger partial charge in [-0.2, -0.15) is 9.97 Å². The summed E-state index contributed by atoms with van der Waals surface area (Å²) in [6.07, 6.45) is 0.960. The Balaban J connectivity index is 1.62. The molecule has 116 valence electrons. The van der Waals surface area contributed by atoms with Crippen molar-refractivity contribution in [3.8, 4) is 0 Å². The first-order valence-corrected chi connectivity index (χ1v) is 7.57. The lowest BCUT2D eigenvalue weighted by Crippen LogP contribution is -2.59. The van der Waals surface area contributed by atoms with Gasteiger partial charge in [0.05, 0.1) is 23.6 Å². The van der Waals surface area contributed by atoms with Crippen LogP contribution < -0.4 is 16.4 Å². The van der Waals surface area contributed by atoms with E-state index in [9.17, 15) is 0 Å². The van der Waals surface area contributed by atoms with Gasteiger partial charge in [-0.3, -0.25) is 0 Å². The first-order valence-electron chi connectivity index (χ1n) is 7.57. The maximum absolute atomic E-state index is 6.10. The third-order valence-electron chi connectivity index (χ3n) is 4.46. The van der Waals surface area contributed by atoms with Crippen molar-refractivity contribution in [2.45, 2.75) is 31.9 Å². The van der Waals surface area contributed by atoms with E-state index in [0.29, 0.717) is 24.0 Å². The van der Waals surface area contributed by atoms with E-state index < -0.39 is 0 Å². The number of aryl methyl sites for hydroxylation is 2. The molecule has 1 unspecified atom stereocenters. The summed E-state index contributed by atoms with van der Waals surface area (Å²) >= 11 is 0. The number of hydrogen-bond acceptors (Lipinski definition) is 7. The fourth-order valence-corrected chi connectivity index (χ4v) is 3.34. The van der Waals surface area contributed by atoms with Crippen molar-refractivity contribution >= 4 is 22.8 Å². The molecule has 2 aromatic heterocycles. The number of nitrogen functional groups attached to an aromatic ring is 1. The van der Waals surface area contributed by atoms with Crippen molar-refractivity contribution in [2.75, 3.05) is 30.7 Å². The van der Waals surface area contributed by atoms with E-state index in [0.717, 1.165) is 36.2 Å². The first kappa shape index (κ1) is 13.7. The first-order chi connectivity index (χ1) is 10.5. The fraction of sp³-hybridized carbons (Fsp3) is 0.533. The molecule has 0 aromatic carbocycles. The summed E-state index contributed by atoms with van der Waals surface area (Å²) < 4.78 is 5.89. The predicted molar refractivity (Wildman–Crippen MR) is 84.8 cm³/mol. The molecule has 0 saturated carbocycles. The quantitative estimate of drug-likeness (QED) is 0.753. The number of hydrogen-bond donors (Lipinski definition) is 3. The molecule has 4 rings (SSSR count). The van der Waals surface area contributed by atoms with Crippen LogP contribution in [0.15, 0.2) is 6.07 Å². The normalized spacial score (nSPS) is 22.9. The molecule has 7 heteroatoms. The van der Waals surface area contributed by atoms with Crippen LogP contribution in [0.4, 0.5) is 11.8 Å². The Labute approximate surface area is 128 Å².